The molecule has 0 aromatic carbocycles. The van der Waals surface area contributed by atoms with Gasteiger partial charge in [-0.25, -0.2) is 0 Å². The maximum Gasteiger partial charge on any atom is 0.00112 e. The summed E-state index contributed by atoms with van der Waals surface area (Å²) < 4.78 is 0. The Hall–Kier alpha value is -0.0400. The van der Waals surface area contributed by atoms with Crippen molar-refractivity contribution < 1.29 is 0 Å². The van der Waals surface area contributed by atoms with E-state index in [9.17, 15) is 0 Å². The van der Waals surface area contributed by atoms with Gasteiger partial charge in [-0.05, 0) is 49.0 Å². The number of hydrogen-bond donors (Lipinski definition) is 1. The van der Waals surface area contributed by atoms with Crippen LogP contribution in [0.2, 0.25) is 0 Å². The summed E-state index contributed by atoms with van der Waals surface area (Å²) in [7, 11) is 0. The normalized spacial score (nSPS) is 60.3. The maximum absolute atomic E-state index is 3.57. The second kappa shape index (κ2) is 1.82. The van der Waals surface area contributed by atoms with E-state index < -0.39 is 0 Å². The van der Waals surface area contributed by atoms with Crippen molar-refractivity contribution in [2.45, 2.75) is 26.2 Å². The summed E-state index contributed by atoms with van der Waals surface area (Å²) in [4.78, 5) is 0. The summed E-state index contributed by atoms with van der Waals surface area (Å²) in [5, 5.41) is 3.57. The van der Waals surface area contributed by atoms with Crippen molar-refractivity contribution >= 4 is 0 Å². The Bertz CT molecular complexity index is 189. The molecule has 2 aliphatic carbocycles. The Morgan fingerprint density at radius 2 is 2.27 bits per heavy atom. The summed E-state index contributed by atoms with van der Waals surface area (Å²) in [5.74, 6) is 3.22. The van der Waals surface area contributed by atoms with E-state index in [1.165, 1.54) is 25.9 Å². The van der Waals surface area contributed by atoms with Crippen LogP contribution in [0.1, 0.15) is 26.2 Å². The van der Waals surface area contributed by atoms with Gasteiger partial charge < -0.3 is 5.32 Å². The van der Waals surface area contributed by atoms with Crippen molar-refractivity contribution in [1.82, 2.24) is 5.32 Å². The van der Waals surface area contributed by atoms with Crippen LogP contribution in [0.5, 0.6) is 0 Å². The van der Waals surface area contributed by atoms with Crippen LogP contribution in [0.25, 0.3) is 0 Å². The maximum atomic E-state index is 3.57. The molecule has 3 rings (SSSR count). The monoisotopic (exact) mass is 151 g/mol. The molecule has 1 heteroatoms. The third kappa shape index (κ3) is 0.618. The molecular weight excluding hydrogens is 134 g/mol. The molecule has 1 N–H and O–H groups in total. The fourth-order valence-corrected chi connectivity index (χ4v) is 3.99. The quantitative estimate of drug-likeness (QED) is 0.555. The average molecular weight is 151 g/mol. The minimum absolute atomic E-state index is 0.711. The molecule has 3 fully saturated rings. The van der Waals surface area contributed by atoms with Crippen molar-refractivity contribution in [3.05, 3.63) is 0 Å². The molecule has 2 saturated carbocycles. The molecule has 0 aromatic rings. The van der Waals surface area contributed by atoms with Crippen molar-refractivity contribution in [2.24, 2.45) is 23.2 Å². The van der Waals surface area contributed by atoms with Gasteiger partial charge in [-0.3, -0.25) is 0 Å². The first-order valence-electron chi connectivity index (χ1n) is 5.01. The molecule has 4 atom stereocenters. The van der Waals surface area contributed by atoms with Gasteiger partial charge in [-0.2, -0.15) is 0 Å². The molecule has 11 heavy (non-hydrogen) atoms. The molecular formula is C10H17N. The summed E-state index contributed by atoms with van der Waals surface area (Å²) in [6.07, 6.45) is 4.62. The van der Waals surface area contributed by atoms with Crippen molar-refractivity contribution in [3.63, 3.8) is 0 Å². The fourth-order valence-electron chi connectivity index (χ4n) is 3.99. The molecule has 0 radical (unpaired) electrons. The highest BCUT2D eigenvalue weighted by Gasteiger charge is 2.56. The highest BCUT2D eigenvalue weighted by molar-refractivity contribution is 5.08. The van der Waals surface area contributed by atoms with Crippen LogP contribution in [0.3, 0.4) is 0 Å². The smallest absolute Gasteiger partial charge is 0.00112 e. The van der Waals surface area contributed by atoms with Gasteiger partial charge in [0.05, 0.1) is 0 Å². The van der Waals surface area contributed by atoms with Crippen LogP contribution in [-0.4, -0.2) is 13.1 Å². The first-order valence-corrected chi connectivity index (χ1v) is 5.01. The van der Waals surface area contributed by atoms with Crippen molar-refractivity contribution in [3.8, 4) is 0 Å². The molecule has 1 nitrogen and oxygen atoms in total. The lowest BCUT2D eigenvalue weighted by molar-refractivity contribution is 0.156. The fraction of sp³-hybridized carbons (Fsp3) is 1.00. The lowest BCUT2D eigenvalue weighted by atomic mass is 9.70. The largest absolute Gasteiger partial charge is 0.316 e. The number of hydrogen-bond acceptors (Lipinski definition) is 1. The highest BCUT2D eigenvalue weighted by atomic mass is 15.0. The molecule has 1 saturated heterocycles. The van der Waals surface area contributed by atoms with Crippen LogP contribution in [-0.2, 0) is 0 Å². The third-order valence-corrected chi connectivity index (χ3v) is 4.69. The molecule has 2 bridgehead atoms. The van der Waals surface area contributed by atoms with Crippen LogP contribution in [0, 0.1) is 23.2 Å². The SMILES string of the molecule is C[C@@]12CNC[C@@H]1[C@@H]1CC[C@H]2C1. The second-order valence-electron chi connectivity index (χ2n) is 5.01. The van der Waals surface area contributed by atoms with Gasteiger partial charge in [0.2, 0.25) is 0 Å². The molecule has 3 aliphatic rings. The molecule has 0 unspecified atom stereocenters. The summed E-state index contributed by atoms with van der Waals surface area (Å²) in [5.41, 5.74) is 0.711. The number of fused-ring (bicyclic) bond motifs is 5. The second-order valence-corrected chi connectivity index (χ2v) is 5.01. The van der Waals surface area contributed by atoms with Crippen LogP contribution in [0.15, 0.2) is 0 Å². The first-order chi connectivity index (χ1) is 5.31. The molecule has 0 spiro atoms. The predicted octanol–water partition coefficient (Wildman–Crippen LogP) is 1.64. The molecule has 0 amide bonds. The van der Waals surface area contributed by atoms with E-state index in [0.717, 1.165) is 17.8 Å². The van der Waals surface area contributed by atoms with Crippen molar-refractivity contribution in [2.75, 3.05) is 13.1 Å². The summed E-state index contributed by atoms with van der Waals surface area (Å²) in [6.45, 7) is 5.14. The molecule has 1 heterocycles. The van der Waals surface area contributed by atoms with E-state index in [4.69, 9.17) is 0 Å². The van der Waals surface area contributed by atoms with Crippen LogP contribution >= 0.6 is 0 Å². The zero-order chi connectivity index (χ0) is 7.47. The van der Waals surface area contributed by atoms with E-state index in [0.29, 0.717) is 5.41 Å². The number of nitrogens with one attached hydrogen (secondary N) is 1. The van der Waals surface area contributed by atoms with Crippen LogP contribution < -0.4 is 5.32 Å². The highest BCUT2D eigenvalue weighted by Crippen LogP contribution is 2.60. The van der Waals surface area contributed by atoms with Gasteiger partial charge in [0.1, 0.15) is 0 Å². The number of rotatable bonds is 0. The van der Waals surface area contributed by atoms with Gasteiger partial charge in [0.15, 0.2) is 0 Å². The first kappa shape index (κ1) is 6.47. The van der Waals surface area contributed by atoms with E-state index in [1.807, 2.05) is 0 Å². The Morgan fingerprint density at radius 1 is 1.36 bits per heavy atom. The average Bonchev–Trinajstić information content (AvgIpc) is 2.54. The minimum Gasteiger partial charge on any atom is -0.316 e. The topological polar surface area (TPSA) is 12.0 Å². The minimum atomic E-state index is 0.711. The van der Waals surface area contributed by atoms with Gasteiger partial charge in [-0.15, -0.1) is 0 Å². The van der Waals surface area contributed by atoms with Gasteiger partial charge in [0, 0.05) is 6.54 Å². The lowest BCUT2D eigenvalue weighted by Gasteiger charge is -2.34. The van der Waals surface area contributed by atoms with E-state index in [2.05, 4.69) is 12.2 Å². The summed E-state index contributed by atoms with van der Waals surface area (Å²) in [6, 6.07) is 0. The van der Waals surface area contributed by atoms with E-state index in [-0.39, 0.29) is 0 Å². The Balaban J connectivity index is 2.00. The van der Waals surface area contributed by atoms with E-state index >= 15 is 0 Å². The Labute approximate surface area is 68.6 Å². The molecule has 62 valence electrons. The predicted molar refractivity (Wildman–Crippen MR) is 45.3 cm³/mol. The van der Waals surface area contributed by atoms with Gasteiger partial charge in [-0.1, -0.05) is 6.92 Å². The Kier molecular flexibility index (Phi) is 1.07. The molecule has 1 aliphatic heterocycles. The van der Waals surface area contributed by atoms with E-state index in [1.54, 1.807) is 6.42 Å². The zero-order valence-corrected chi connectivity index (χ0v) is 7.27. The summed E-state index contributed by atoms with van der Waals surface area (Å²) >= 11 is 0. The van der Waals surface area contributed by atoms with Gasteiger partial charge in [0.25, 0.3) is 0 Å². The van der Waals surface area contributed by atoms with Crippen molar-refractivity contribution in [1.29, 1.82) is 0 Å². The zero-order valence-electron chi connectivity index (χ0n) is 7.27. The Morgan fingerprint density at radius 3 is 3.09 bits per heavy atom. The third-order valence-electron chi connectivity index (χ3n) is 4.69. The van der Waals surface area contributed by atoms with Gasteiger partial charge >= 0.3 is 0 Å². The standard InChI is InChI=1S/C10H17N/c1-10-6-11-5-9(10)7-2-3-8(10)4-7/h7-9,11H,2-6H2,1H3/t7-,8+,9-,10+/m1/s1. The lowest BCUT2D eigenvalue weighted by Crippen LogP contribution is -2.32. The molecule has 0 aromatic heterocycles. The van der Waals surface area contributed by atoms with Crippen LogP contribution in [0.4, 0.5) is 0 Å².